The summed E-state index contributed by atoms with van der Waals surface area (Å²) in [6.45, 7) is 6.16. The molecule has 24 heavy (non-hydrogen) atoms. The number of carbonyl (C=O) groups is 1. The third kappa shape index (κ3) is 5.76. The number of ether oxygens (including phenoxy) is 1. The smallest absolute Gasteiger partial charge is 0.242 e. The fourth-order valence-corrected chi connectivity index (χ4v) is 3.18. The average Bonchev–Trinajstić information content (AvgIpc) is 2.56. The van der Waals surface area contributed by atoms with Crippen LogP contribution in [0, 0.1) is 0 Å². The van der Waals surface area contributed by atoms with Crippen LogP contribution in [0.5, 0.6) is 0 Å². The third-order valence-corrected chi connectivity index (χ3v) is 4.43. The highest BCUT2D eigenvalue weighted by Gasteiger charge is 2.28. The number of morpholine rings is 1. The molecule has 136 valence electrons. The maximum atomic E-state index is 12.4. The highest BCUT2D eigenvalue weighted by molar-refractivity contribution is 6.30. The Kier molecular flexibility index (Phi) is 9.34. The minimum absolute atomic E-state index is 0. The minimum Gasteiger partial charge on any atom is -0.378 e. The Labute approximate surface area is 160 Å². The van der Waals surface area contributed by atoms with Crippen molar-refractivity contribution < 1.29 is 9.53 Å². The van der Waals surface area contributed by atoms with Gasteiger partial charge in [0.15, 0.2) is 0 Å². The highest BCUT2D eigenvalue weighted by atomic mass is 35.5. The van der Waals surface area contributed by atoms with Gasteiger partial charge in [0.2, 0.25) is 5.91 Å². The van der Waals surface area contributed by atoms with Gasteiger partial charge in [-0.05, 0) is 17.7 Å². The molecule has 0 aliphatic carbocycles. The summed E-state index contributed by atoms with van der Waals surface area (Å²) in [6.07, 6.45) is 0. The average molecular weight is 397 g/mol. The molecule has 2 heterocycles. The first kappa shape index (κ1) is 21.5. The minimum atomic E-state index is -0.173. The molecular formula is C16H24Cl3N3O2. The monoisotopic (exact) mass is 395 g/mol. The molecule has 2 aliphatic heterocycles. The molecule has 3 rings (SSSR count). The number of hydrogen-bond acceptors (Lipinski definition) is 4. The number of hydrogen-bond donors (Lipinski definition) is 1. The second-order valence-corrected chi connectivity index (χ2v) is 6.25. The zero-order valence-corrected chi connectivity index (χ0v) is 15.8. The molecule has 0 radical (unpaired) electrons. The van der Waals surface area contributed by atoms with Gasteiger partial charge in [-0.3, -0.25) is 9.69 Å². The number of halogens is 3. The lowest BCUT2D eigenvalue weighted by atomic mass is 10.1. The first-order valence-corrected chi connectivity index (χ1v) is 8.17. The van der Waals surface area contributed by atoms with Crippen molar-refractivity contribution in [2.24, 2.45) is 0 Å². The van der Waals surface area contributed by atoms with Crippen molar-refractivity contribution in [3.63, 3.8) is 0 Å². The van der Waals surface area contributed by atoms with Crippen LogP contribution in [0.4, 0.5) is 0 Å². The van der Waals surface area contributed by atoms with Gasteiger partial charge >= 0.3 is 0 Å². The molecule has 5 nitrogen and oxygen atoms in total. The number of nitrogens with one attached hydrogen (secondary N) is 1. The molecule has 2 aliphatic rings. The summed E-state index contributed by atoms with van der Waals surface area (Å²) in [5.74, 6) is 0.169. The predicted octanol–water partition coefficient (Wildman–Crippen LogP) is 1.82. The molecule has 0 saturated carbocycles. The van der Waals surface area contributed by atoms with Crippen LogP contribution in [0.2, 0.25) is 5.02 Å². The van der Waals surface area contributed by atoms with E-state index < -0.39 is 0 Å². The number of nitrogens with zero attached hydrogens (tertiary/aromatic N) is 2. The van der Waals surface area contributed by atoms with Crippen LogP contribution < -0.4 is 5.32 Å². The quantitative estimate of drug-likeness (QED) is 0.846. The van der Waals surface area contributed by atoms with Gasteiger partial charge in [-0.1, -0.05) is 23.7 Å². The van der Waals surface area contributed by atoms with Crippen molar-refractivity contribution in [1.82, 2.24) is 15.1 Å². The Morgan fingerprint density at radius 2 is 2.00 bits per heavy atom. The molecule has 1 aromatic rings. The molecule has 2 fully saturated rings. The molecule has 2 saturated heterocycles. The summed E-state index contributed by atoms with van der Waals surface area (Å²) in [5, 5.41) is 4.00. The van der Waals surface area contributed by atoms with Crippen LogP contribution >= 0.6 is 36.4 Å². The lowest BCUT2D eigenvalue weighted by molar-refractivity contribution is -0.138. The topological polar surface area (TPSA) is 44.8 Å². The van der Waals surface area contributed by atoms with Gasteiger partial charge in [-0.15, -0.1) is 24.8 Å². The summed E-state index contributed by atoms with van der Waals surface area (Å²) in [6, 6.07) is 7.79. The number of rotatable bonds is 3. The molecule has 0 bridgehead atoms. The lowest BCUT2D eigenvalue weighted by Gasteiger charge is -2.37. The maximum Gasteiger partial charge on any atom is 0.242 e. The van der Waals surface area contributed by atoms with Crippen LogP contribution in [0.25, 0.3) is 0 Å². The second-order valence-electron chi connectivity index (χ2n) is 5.81. The van der Waals surface area contributed by atoms with Gasteiger partial charge < -0.3 is 15.0 Å². The van der Waals surface area contributed by atoms with Crippen molar-refractivity contribution in [1.29, 1.82) is 0 Å². The van der Waals surface area contributed by atoms with E-state index >= 15 is 0 Å². The highest BCUT2D eigenvalue weighted by Crippen LogP contribution is 2.14. The van der Waals surface area contributed by atoms with E-state index in [0.29, 0.717) is 13.2 Å². The van der Waals surface area contributed by atoms with Gasteiger partial charge in [0.1, 0.15) is 6.04 Å². The number of piperazine rings is 1. The normalized spacial score (nSPS) is 21.5. The molecule has 0 spiro atoms. The van der Waals surface area contributed by atoms with Gasteiger partial charge in [0.05, 0.1) is 13.2 Å². The number of amides is 1. The van der Waals surface area contributed by atoms with Crippen molar-refractivity contribution in [3.8, 4) is 0 Å². The standard InChI is InChI=1S/C16H22ClN3O2.2ClH/c17-14-3-1-2-13(10-14)11-19-5-7-20(8-6-19)16(21)15-12-22-9-4-18-15;;/h1-3,10,15,18H,4-9,11-12H2;2*1H. The third-order valence-electron chi connectivity index (χ3n) is 4.20. The van der Waals surface area contributed by atoms with E-state index in [1.807, 2.05) is 23.1 Å². The molecule has 8 heteroatoms. The molecule has 1 N–H and O–H groups in total. The van der Waals surface area contributed by atoms with Gasteiger partial charge in [0, 0.05) is 44.3 Å². The molecule has 1 unspecified atom stereocenters. The number of benzene rings is 1. The lowest BCUT2D eigenvalue weighted by Crippen LogP contribution is -2.57. The van der Waals surface area contributed by atoms with Crippen LogP contribution in [0.15, 0.2) is 24.3 Å². The van der Waals surface area contributed by atoms with E-state index in [9.17, 15) is 4.79 Å². The van der Waals surface area contributed by atoms with E-state index in [1.165, 1.54) is 5.56 Å². The van der Waals surface area contributed by atoms with Crippen LogP contribution in [0.1, 0.15) is 5.56 Å². The van der Waals surface area contributed by atoms with Gasteiger partial charge in [-0.2, -0.15) is 0 Å². The van der Waals surface area contributed by atoms with Crippen molar-refractivity contribution in [2.45, 2.75) is 12.6 Å². The Balaban J connectivity index is 0.00000144. The van der Waals surface area contributed by atoms with E-state index in [4.69, 9.17) is 16.3 Å². The molecule has 1 amide bonds. The second kappa shape index (κ2) is 10.4. The van der Waals surface area contributed by atoms with Crippen LogP contribution in [-0.4, -0.2) is 67.7 Å². The van der Waals surface area contributed by atoms with Crippen molar-refractivity contribution in [3.05, 3.63) is 34.9 Å². The largest absolute Gasteiger partial charge is 0.378 e. The molecule has 1 atom stereocenters. The first-order chi connectivity index (χ1) is 10.7. The Bertz CT molecular complexity index is 519. The summed E-state index contributed by atoms with van der Waals surface area (Å²) < 4.78 is 5.37. The summed E-state index contributed by atoms with van der Waals surface area (Å²) >= 11 is 6.02. The maximum absolute atomic E-state index is 12.4. The van der Waals surface area contributed by atoms with Gasteiger partial charge in [-0.25, -0.2) is 0 Å². The molecule has 0 aromatic heterocycles. The summed E-state index contributed by atoms with van der Waals surface area (Å²) in [4.78, 5) is 16.7. The Hall–Kier alpha value is -0.560. The summed E-state index contributed by atoms with van der Waals surface area (Å²) in [5.41, 5.74) is 1.22. The fraction of sp³-hybridized carbons (Fsp3) is 0.562. The molecule has 1 aromatic carbocycles. The number of carbonyl (C=O) groups excluding carboxylic acids is 1. The zero-order chi connectivity index (χ0) is 15.4. The SMILES string of the molecule is Cl.Cl.O=C(C1COCCN1)N1CCN(Cc2cccc(Cl)c2)CC1. The van der Waals surface area contributed by atoms with Crippen LogP contribution in [0.3, 0.4) is 0 Å². The van der Waals surface area contributed by atoms with E-state index in [0.717, 1.165) is 44.3 Å². The van der Waals surface area contributed by atoms with E-state index in [2.05, 4.69) is 16.3 Å². The Morgan fingerprint density at radius 1 is 1.25 bits per heavy atom. The van der Waals surface area contributed by atoms with Gasteiger partial charge in [0.25, 0.3) is 0 Å². The zero-order valence-electron chi connectivity index (χ0n) is 13.4. The van der Waals surface area contributed by atoms with Crippen LogP contribution in [-0.2, 0) is 16.1 Å². The van der Waals surface area contributed by atoms with E-state index in [1.54, 1.807) is 0 Å². The Morgan fingerprint density at radius 3 is 2.62 bits per heavy atom. The fourth-order valence-electron chi connectivity index (χ4n) is 2.96. The van der Waals surface area contributed by atoms with E-state index in [-0.39, 0.29) is 36.8 Å². The predicted molar refractivity (Wildman–Crippen MR) is 100 cm³/mol. The van der Waals surface area contributed by atoms with Crippen molar-refractivity contribution in [2.75, 3.05) is 45.9 Å². The molecular weight excluding hydrogens is 373 g/mol. The summed E-state index contributed by atoms with van der Waals surface area (Å²) in [7, 11) is 0. The van der Waals surface area contributed by atoms with Crippen molar-refractivity contribution >= 4 is 42.3 Å². The first-order valence-electron chi connectivity index (χ1n) is 7.79.